The molecule has 1 amide bonds. The van der Waals surface area contributed by atoms with Crippen LogP contribution in [0.4, 0.5) is 18.9 Å². The number of halogens is 3. The zero-order valence-corrected chi connectivity index (χ0v) is 24.6. The average Bonchev–Trinajstić information content (AvgIpc) is 3.59. The van der Waals surface area contributed by atoms with Crippen LogP contribution in [0.25, 0.3) is 17.1 Å². The molecule has 0 saturated carbocycles. The van der Waals surface area contributed by atoms with Crippen molar-refractivity contribution >= 4 is 45.9 Å². The van der Waals surface area contributed by atoms with Gasteiger partial charge in [0.05, 0.1) is 22.7 Å². The minimum absolute atomic E-state index is 0.0287. The van der Waals surface area contributed by atoms with E-state index < -0.39 is 11.7 Å². The lowest BCUT2D eigenvalue weighted by atomic mass is 9.99. The van der Waals surface area contributed by atoms with Gasteiger partial charge in [-0.15, -0.1) is 5.10 Å². The Kier molecular flexibility index (Phi) is 8.46. The fourth-order valence-electron chi connectivity index (χ4n) is 4.42. The molecule has 1 saturated heterocycles. The molecule has 3 aromatic carbocycles. The molecule has 7 nitrogen and oxygen atoms in total. The van der Waals surface area contributed by atoms with Crippen LogP contribution in [0.5, 0.6) is 0 Å². The number of nitrogens with zero attached hydrogens (tertiary/aromatic N) is 5. The molecule has 1 aliphatic heterocycles. The van der Waals surface area contributed by atoms with Gasteiger partial charge >= 0.3 is 6.18 Å². The van der Waals surface area contributed by atoms with E-state index in [1.54, 1.807) is 4.90 Å². The maximum Gasteiger partial charge on any atom is 0.416 e. The Morgan fingerprint density at radius 1 is 1.10 bits per heavy atom. The summed E-state index contributed by atoms with van der Waals surface area (Å²) in [6.07, 6.45) is -2.94. The number of hydrogen-bond donors (Lipinski definition) is 1. The molecule has 12 heteroatoms. The van der Waals surface area contributed by atoms with E-state index in [2.05, 4.69) is 40.3 Å². The van der Waals surface area contributed by atoms with Crippen LogP contribution in [0.15, 0.2) is 78.0 Å². The molecule has 0 spiro atoms. The SMILES string of the molecule is Cc1ccc(C(C)C)c(N2C(=O)CSC2=NC(=S)NCc2ccc(-c3ncn(-c4ccc(C(F)(F)F)cc4)n3)cc2)c1. The fraction of sp³-hybridized carbons (Fsp3) is 0.233. The second-order valence-corrected chi connectivity index (χ2v) is 11.4. The van der Waals surface area contributed by atoms with E-state index in [9.17, 15) is 18.0 Å². The molecule has 1 aromatic heterocycles. The van der Waals surface area contributed by atoms with Crippen LogP contribution in [-0.4, -0.2) is 36.7 Å². The fourth-order valence-corrected chi connectivity index (χ4v) is 5.50. The van der Waals surface area contributed by atoms with Gasteiger partial charge in [0.25, 0.3) is 0 Å². The first-order chi connectivity index (χ1) is 20.0. The highest BCUT2D eigenvalue weighted by Crippen LogP contribution is 2.34. The predicted octanol–water partition coefficient (Wildman–Crippen LogP) is 6.90. The zero-order chi connectivity index (χ0) is 30.0. The van der Waals surface area contributed by atoms with E-state index in [1.165, 1.54) is 34.9 Å². The molecule has 1 aliphatic rings. The number of thiocarbonyl (C=S) groups is 1. The summed E-state index contributed by atoms with van der Waals surface area (Å²) in [5, 5.41) is 8.36. The Morgan fingerprint density at radius 3 is 2.48 bits per heavy atom. The molecule has 5 rings (SSSR count). The van der Waals surface area contributed by atoms with E-state index in [0.717, 1.165) is 40.1 Å². The number of aromatic nitrogens is 3. The predicted molar refractivity (Wildman–Crippen MR) is 164 cm³/mol. The van der Waals surface area contributed by atoms with Crippen LogP contribution >= 0.6 is 24.0 Å². The zero-order valence-electron chi connectivity index (χ0n) is 23.0. The number of hydrogen-bond acceptors (Lipinski definition) is 5. The minimum atomic E-state index is -4.40. The van der Waals surface area contributed by atoms with E-state index in [1.807, 2.05) is 43.3 Å². The summed E-state index contributed by atoms with van der Waals surface area (Å²) in [5.74, 6) is 0.953. The van der Waals surface area contributed by atoms with E-state index in [0.29, 0.717) is 29.0 Å². The summed E-state index contributed by atoms with van der Waals surface area (Å²) in [5.41, 5.74) is 4.42. The van der Waals surface area contributed by atoms with Crippen LogP contribution in [0.1, 0.15) is 42.0 Å². The minimum Gasteiger partial charge on any atom is -0.357 e. The van der Waals surface area contributed by atoms with Gasteiger partial charge in [-0.2, -0.15) is 18.2 Å². The van der Waals surface area contributed by atoms with Gasteiger partial charge in [-0.25, -0.2) is 9.67 Å². The number of amides is 1. The smallest absolute Gasteiger partial charge is 0.357 e. The number of aliphatic imine (C=N–C) groups is 1. The highest BCUT2D eigenvalue weighted by Gasteiger charge is 2.32. The molecule has 2 heterocycles. The van der Waals surface area contributed by atoms with Crippen molar-refractivity contribution in [1.82, 2.24) is 20.1 Å². The Hall–Kier alpha value is -4.03. The molecule has 0 radical (unpaired) electrons. The van der Waals surface area contributed by atoms with Crippen molar-refractivity contribution in [2.45, 2.75) is 39.4 Å². The van der Waals surface area contributed by atoms with Crippen molar-refractivity contribution in [2.24, 2.45) is 4.99 Å². The molecule has 0 aliphatic carbocycles. The molecule has 42 heavy (non-hydrogen) atoms. The first kappa shape index (κ1) is 29.5. The van der Waals surface area contributed by atoms with Gasteiger partial charge < -0.3 is 5.32 Å². The molecule has 0 bridgehead atoms. The standard InChI is InChI=1S/C30H27F3N6OS2/c1-18(2)24-13-4-19(3)14-25(24)39-26(40)16-42-29(39)36-28(41)34-15-20-5-7-21(8-6-20)27-35-17-38(37-27)23-11-9-22(10-12-23)30(31,32)33/h4-14,17-18H,15-16H2,1-3H3,(H,34,41). The van der Waals surface area contributed by atoms with Crippen LogP contribution in [0, 0.1) is 6.92 Å². The largest absolute Gasteiger partial charge is 0.416 e. The van der Waals surface area contributed by atoms with Crippen molar-refractivity contribution in [1.29, 1.82) is 0 Å². The molecule has 4 aromatic rings. The normalized spacial score (nSPS) is 14.7. The second kappa shape index (κ2) is 12.1. The maximum atomic E-state index is 12.8. The van der Waals surface area contributed by atoms with Crippen LogP contribution in [0.2, 0.25) is 0 Å². The number of alkyl halides is 3. The van der Waals surface area contributed by atoms with Gasteiger partial charge in [-0.1, -0.05) is 62.0 Å². The van der Waals surface area contributed by atoms with Crippen LogP contribution in [0.3, 0.4) is 0 Å². The van der Waals surface area contributed by atoms with Gasteiger partial charge in [0, 0.05) is 12.1 Å². The summed E-state index contributed by atoms with van der Waals surface area (Å²) in [4.78, 5) is 23.3. The molecule has 1 fully saturated rings. The quantitative estimate of drug-likeness (QED) is 0.240. The third-order valence-corrected chi connectivity index (χ3v) is 7.78. The van der Waals surface area contributed by atoms with Crippen molar-refractivity contribution in [3.05, 3.63) is 95.3 Å². The van der Waals surface area contributed by atoms with Gasteiger partial charge in [-0.05, 0) is 72.1 Å². The summed E-state index contributed by atoms with van der Waals surface area (Å²) < 4.78 is 40.0. The highest BCUT2D eigenvalue weighted by molar-refractivity contribution is 8.15. The third kappa shape index (κ3) is 6.55. The van der Waals surface area contributed by atoms with E-state index in [4.69, 9.17) is 12.2 Å². The monoisotopic (exact) mass is 608 g/mol. The number of benzene rings is 3. The second-order valence-electron chi connectivity index (χ2n) is 10.0. The Bertz CT molecular complexity index is 1650. The number of amidine groups is 1. The molecular weight excluding hydrogens is 581 g/mol. The number of thioether (sulfide) groups is 1. The first-order valence-electron chi connectivity index (χ1n) is 13.1. The van der Waals surface area contributed by atoms with Crippen LogP contribution < -0.4 is 10.2 Å². The summed E-state index contributed by atoms with van der Waals surface area (Å²) >= 11 is 6.85. The average molecular weight is 609 g/mol. The van der Waals surface area contributed by atoms with Crippen molar-refractivity contribution in [3.8, 4) is 17.1 Å². The van der Waals surface area contributed by atoms with E-state index in [-0.39, 0.29) is 16.9 Å². The van der Waals surface area contributed by atoms with Gasteiger partial charge in [0.2, 0.25) is 5.91 Å². The first-order valence-corrected chi connectivity index (χ1v) is 14.5. The molecular formula is C30H27F3N6OS2. The van der Waals surface area contributed by atoms with E-state index >= 15 is 0 Å². The summed E-state index contributed by atoms with van der Waals surface area (Å²) in [6, 6.07) is 18.4. The number of nitrogens with one attached hydrogen (secondary N) is 1. The number of carbonyl (C=O) groups is 1. The highest BCUT2D eigenvalue weighted by atomic mass is 32.2. The molecule has 0 unspecified atom stereocenters. The molecule has 1 N–H and O–H groups in total. The lowest BCUT2D eigenvalue weighted by molar-refractivity contribution is -0.137. The topological polar surface area (TPSA) is 75.4 Å². The number of anilines is 1. The van der Waals surface area contributed by atoms with Crippen molar-refractivity contribution < 1.29 is 18.0 Å². The summed E-state index contributed by atoms with van der Waals surface area (Å²) in [6.45, 7) is 6.61. The lowest BCUT2D eigenvalue weighted by Crippen LogP contribution is -2.32. The van der Waals surface area contributed by atoms with Gasteiger partial charge in [-0.3, -0.25) is 9.69 Å². The lowest BCUT2D eigenvalue weighted by Gasteiger charge is -2.22. The van der Waals surface area contributed by atoms with Crippen LogP contribution in [-0.2, 0) is 17.5 Å². The number of aryl methyl sites for hydroxylation is 1. The molecule has 216 valence electrons. The maximum absolute atomic E-state index is 12.8. The van der Waals surface area contributed by atoms with Gasteiger partial charge in [0.15, 0.2) is 16.1 Å². The van der Waals surface area contributed by atoms with Crippen molar-refractivity contribution in [2.75, 3.05) is 10.7 Å². The van der Waals surface area contributed by atoms with Crippen molar-refractivity contribution in [3.63, 3.8) is 0 Å². The Labute approximate surface area is 250 Å². The Balaban J connectivity index is 1.23. The Morgan fingerprint density at radius 2 is 1.81 bits per heavy atom. The van der Waals surface area contributed by atoms with Gasteiger partial charge in [0.1, 0.15) is 6.33 Å². The molecule has 0 atom stereocenters. The third-order valence-electron chi connectivity index (χ3n) is 6.62. The summed E-state index contributed by atoms with van der Waals surface area (Å²) in [7, 11) is 0. The number of carbonyl (C=O) groups excluding carboxylic acids is 1. The number of rotatable bonds is 6.